The van der Waals surface area contributed by atoms with Gasteiger partial charge in [0.05, 0.1) is 11.8 Å². The van der Waals surface area contributed by atoms with Gasteiger partial charge in [0.25, 0.3) is 5.92 Å². The van der Waals surface area contributed by atoms with E-state index in [0.717, 1.165) is 4.90 Å². The zero-order valence-electron chi connectivity index (χ0n) is 10.3. The van der Waals surface area contributed by atoms with E-state index < -0.39 is 41.5 Å². The van der Waals surface area contributed by atoms with Crippen LogP contribution in [-0.2, 0) is 9.53 Å². The highest BCUT2D eigenvalue weighted by Gasteiger charge is 2.79. The molecule has 0 aromatic carbocycles. The van der Waals surface area contributed by atoms with Crippen LogP contribution in [-0.4, -0.2) is 46.2 Å². The fourth-order valence-corrected chi connectivity index (χ4v) is 2.40. The van der Waals surface area contributed by atoms with E-state index in [0.29, 0.717) is 0 Å². The summed E-state index contributed by atoms with van der Waals surface area (Å²) in [4.78, 5) is 23.4. The number of likely N-dealkylation sites (tertiary alicyclic amines) is 1. The Morgan fingerprint density at radius 3 is 2.33 bits per heavy atom. The van der Waals surface area contributed by atoms with Crippen molar-refractivity contribution in [3.63, 3.8) is 0 Å². The van der Waals surface area contributed by atoms with Gasteiger partial charge in [-0.15, -0.1) is 0 Å². The Bertz CT molecular complexity index is 404. The third-order valence-corrected chi connectivity index (χ3v) is 3.18. The topological polar surface area (TPSA) is 66.8 Å². The van der Waals surface area contributed by atoms with Crippen molar-refractivity contribution in [3.05, 3.63) is 0 Å². The standard InChI is InChI=1S/C11H15F2NO4/c1-10(2,3)18-9(17)14-4-5(8(15)16)6-7(14)11(6,12)13/h5-7H,4H2,1-3H3,(H,15,16)/t5-,6-,7-/m1/s1. The fourth-order valence-electron chi connectivity index (χ4n) is 2.40. The Morgan fingerprint density at radius 2 is 1.94 bits per heavy atom. The summed E-state index contributed by atoms with van der Waals surface area (Å²) in [7, 11) is 0. The van der Waals surface area contributed by atoms with Crippen molar-refractivity contribution in [2.75, 3.05) is 6.54 Å². The van der Waals surface area contributed by atoms with Gasteiger partial charge in [0.15, 0.2) is 0 Å². The molecule has 1 saturated heterocycles. The summed E-state index contributed by atoms with van der Waals surface area (Å²) in [6, 6.07) is -1.33. The molecule has 2 fully saturated rings. The molecule has 1 aliphatic carbocycles. The van der Waals surface area contributed by atoms with Gasteiger partial charge in [-0.25, -0.2) is 13.6 Å². The van der Waals surface area contributed by atoms with E-state index in [1.54, 1.807) is 20.8 Å². The van der Waals surface area contributed by atoms with Crippen LogP contribution in [0.4, 0.5) is 13.6 Å². The molecule has 0 aromatic rings. The number of nitrogens with zero attached hydrogens (tertiary/aromatic N) is 1. The van der Waals surface area contributed by atoms with Crippen LogP contribution >= 0.6 is 0 Å². The first-order chi connectivity index (χ1) is 8.05. The van der Waals surface area contributed by atoms with Crippen molar-refractivity contribution < 1.29 is 28.2 Å². The molecule has 0 aromatic heterocycles. The molecule has 0 radical (unpaired) electrons. The number of hydrogen-bond acceptors (Lipinski definition) is 3. The van der Waals surface area contributed by atoms with Crippen LogP contribution in [0.3, 0.4) is 0 Å². The van der Waals surface area contributed by atoms with Crippen LogP contribution in [0.1, 0.15) is 20.8 Å². The van der Waals surface area contributed by atoms with Crippen molar-refractivity contribution in [1.29, 1.82) is 0 Å². The van der Waals surface area contributed by atoms with E-state index in [4.69, 9.17) is 9.84 Å². The second-order valence-corrected chi connectivity index (χ2v) is 5.72. The Hall–Kier alpha value is -1.40. The largest absolute Gasteiger partial charge is 0.481 e. The fraction of sp³-hybridized carbons (Fsp3) is 0.818. The molecular formula is C11H15F2NO4. The molecule has 7 heteroatoms. The summed E-state index contributed by atoms with van der Waals surface area (Å²) in [6.45, 7) is 4.66. The molecule has 0 unspecified atom stereocenters. The van der Waals surface area contributed by atoms with E-state index >= 15 is 0 Å². The highest BCUT2D eigenvalue weighted by atomic mass is 19.3. The minimum atomic E-state index is -3.11. The molecule has 1 aliphatic heterocycles. The average molecular weight is 263 g/mol. The highest BCUT2D eigenvalue weighted by Crippen LogP contribution is 2.60. The monoisotopic (exact) mass is 263 g/mol. The first kappa shape index (κ1) is 13.0. The van der Waals surface area contributed by atoms with Gasteiger partial charge in [-0.1, -0.05) is 0 Å². The van der Waals surface area contributed by atoms with Gasteiger partial charge in [0.1, 0.15) is 11.6 Å². The van der Waals surface area contributed by atoms with Crippen LogP contribution in [0.25, 0.3) is 0 Å². The molecule has 18 heavy (non-hydrogen) atoms. The number of rotatable bonds is 1. The Labute approximate surface area is 103 Å². The number of halogens is 2. The maximum atomic E-state index is 13.4. The van der Waals surface area contributed by atoms with Crippen molar-refractivity contribution in [2.24, 2.45) is 11.8 Å². The van der Waals surface area contributed by atoms with Crippen LogP contribution in [0, 0.1) is 11.8 Å². The van der Waals surface area contributed by atoms with Gasteiger partial charge in [-0.2, -0.15) is 0 Å². The summed E-state index contributed by atoms with van der Waals surface area (Å²) >= 11 is 0. The number of carbonyl (C=O) groups excluding carboxylic acids is 1. The number of ether oxygens (including phenoxy) is 1. The van der Waals surface area contributed by atoms with Crippen molar-refractivity contribution >= 4 is 12.1 Å². The second-order valence-electron chi connectivity index (χ2n) is 5.72. The normalized spacial score (nSPS) is 32.9. The maximum Gasteiger partial charge on any atom is 0.410 e. The van der Waals surface area contributed by atoms with Crippen LogP contribution in [0.15, 0.2) is 0 Å². The highest BCUT2D eigenvalue weighted by molar-refractivity contribution is 5.77. The van der Waals surface area contributed by atoms with E-state index in [9.17, 15) is 18.4 Å². The first-order valence-corrected chi connectivity index (χ1v) is 5.66. The first-order valence-electron chi connectivity index (χ1n) is 5.66. The molecule has 3 atom stereocenters. The Morgan fingerprint density at radius 1 is 1.39 bits per heavy atom. The van der Waals surface area contributed by atoms with Crippen molar-refractivity contribution in [1.82, 2.24) is 4.90 Å². The molecule has 1 heterocycles. The lowest BCUT2D eigenvalue weighted by Gasteiger charge is -2.26. The van der Waals surface area contributed by atoms with Crippen molar-refractivity contribution in [2.45, 2.75) is 38.3 Å². The van der Waals surface area contributed by atoms with E-state index in [2.05, 4.69) is 0 Å². The average Bonchev–Trinajstić information content (AvgIpc) is 2.58. The molecule has 1 amide bonds. The quantitative estimate of drug-likeness (QED) is 0.779. The number of carboxylic acids is 1. The van der Waals surface area contributed by atoms with Gasteiger partial charge in [-0.3, -0.25) is 9.69 Å². The lowest BCUT2D eigenvalue weighted by atomic mass is 10.1. The number of fused-ring (bicyclic) bond motifs is 1. The predicted octanol–water partition coefficient (Wildman–Crippen LogP) is 1.57. The molecule has 0 bridgehead atoms. The Kier molecular flexibility index (Phi) is 2.57. The second kappa shape index (κ2) is 3.55. The third-order valence-electron chi connectivity index (χ3n) is 3.18. The van der Waals surface area contributed by atoms with Gasteiger partial charge in [0, 0.05) is 6.54 Å². The predicted molar refractivity (Wildman–Crippen MR) is 56.3 cm³/mol. The molecule has 0 spiro atoms. The van der Waals surface area contributed by atoms with Crippen LogP contribution < -0.4 is 0 Å². The minimum Gasteiger partial charge on any atom is -0.481 e. The molecule has 5 nitrogen and oxygen atoms in total. The molecule has 2 rings (SSSR count). The zero-order valence-corrected chi connectivity index (χ0v) is 10.3. The molecule has 1 N–H and O–H groups in total. The number of amides is 1. The zero-order chi connectivity index (χ0) is 13.9. The summed E-state index contributed by atoms with van der Waals surface area (Å²) < 4.78 is 31.8. The minimum absolute atomic E-state index is 0.213. The number of piperidine rings is 1. The van der Waals surface area contributed by atoms with Crippen molar-refractivity contribution in [3.8, 4) is 0 Å². The van der Waals surface area contributed by atoms with E-state index in [1.807, 2.05) is 0 Å². The molecule has 1 saturated carbocycles. The number of carbonyl (C=O) groups is 2. The van der Waals surface area contributed by atoms with E-state index in [-0.39, 0.29) is 6.54 Å². The van der Waals surface area contributed by atoms with Gasteiger partial charge < -0.3 is 9.84 Å². The smallest absolute Gasteiger partial charge is 0.410 e. The summed E-state index contributed by atoms with van der Waals surface area (Å²) in [5, 5.41) is 8.86. The van der Waals surface area contributed by atoms with Gasteiger partial charge in [0.2, 0.25) is 0 Å². The van der Waals surface area contributed by atoms with Crippen LogP contribution in [0.5, 0.6) is 0 Å². The SMILES string of the molecule is CC(C)(C)OC(=O)N1C[C@@H](C(=O)O)[C@@H]2[C@@H]1C2(F)F. The summed E-state index contributed by atoms with van der Waals surface area (Å²) in [5.41, 5.74) is -0.794. The van der Waals surface area contributed by atoms with Crippen LogP contribution in [0.2, 0.25) is 0 Å². The summed E-state index contributed by atoms with van der Waals surface area (Å²) in [5.74, 6) is -6.90. The van der Waals surface area contributed by atoms with E-state index in [1.165, 1.54) is 0 Å². The van der Waals surface area contributed by atoms with Gasteiger partial charge >= 0.3 is 12.1 Å². The number of hydrogen-bond donors (Lipinski definition) is 1. The number of alkyl halides is 2. The number of aliphatic carboxylic acids is 1. The summed E-state index contributed by atoms with van der Waals surface area (Å²) in [6.07, 6.45) is -0.876. The van der Waals surface area contributed by atoms with Gasteiger partial charge in [-0.05, 0) is 20.8 Å². The lowest BCUT2D eigenvalue weighted by molar-refractivity contribution is -0.143. The number of carboxylic acid groups (broad SMARTS) is 1. The molecule has 2 aliphatic rings. The lowest BCUT2D eigenvalue weighted by Crippen LogP contribution is -2.41. The molecular weight excluding hydrogens is 248 g/mol. The molecule has 102 valence electrons. The third kappa shape index (κ3) is 1.91. The Balaban J connectivity index is 2.12. The maximum absolute atomic E-state index is 13.4.